The summed E-state index contributed by atoms with van der Waals surface area (Å²) in [5.74, 6) is 0.736. The molecule has 0 fully saturated rings. The molecule has 1 heterocycles. The summed E-state index contributed by atoms with van der Waals surface area (Å²) in [7, 11) is 0. The first-order valence-corrected chi connectivity index (χ1v) is 6.80. The van der Waals surface area contributed by atoms with Crippen LogP contribution in [0.2, 0.25) is 10.0 Å². The summed E-state index contributed by atoms with van der Waals surface area (Å²) in [6.07, 6.45) is 0.496. The maximum absolute atomic E-state index is 9.24. The highest BCUT2D eigenvalue weighted by Crippen LogP contribution is 2.45. The zero-order valence-corrected chi connectivity index (χ0v) is 11.6. The van der Waals surface area contributed by atoms with Crippen LogP contribution >= 0.6 is 23.2 Å². The van der Waals surface area contributed by atoms with Crippen molar-refractivity contribution in [2.45, 2.75) is 12.5 Å². The average Bonchev–Trinajstić information content (AvgIpc) is 2.83. The molecule has 1 N–H and O–H groups in total. The minimum Gasteiger partial charge on any atom is -0.487 e. The van der Waals surface area contributed by atoms with Gasteiger partial charge in [0.15, 0.2) is 0 Å². The number of benzene rings is 2. The van der Waals surface area contributed by atoms with Crippen LogP contribution < -0.4 is 4.74 Å². The Morgan fingerprint density at radius 2 is 1.89 bits per heavy atom. The van der Waals surface area contributed by atoms with Gasteiger partial charge in [-0.3, -0.25) is 0 Å². The first-order chi connectivity index (χ1) is 9.20. The van der Waals surface area contributed by atoms with E-state index in [1.807, 2.05) is 36.4 Å². The maximum atomic E-state index is 9.24. The molecular weight excluding hydrogens is 283 g/mol. The lowest BCUT2D eigenvalue weighted by Gasteiger charge is -2.13. The van der Waals surface area contributed by atoms with Crippen molar-refractivity contribution in [2.24, 2.45) is 0 Å². The van der Waals surface area contributed by atoms with Gasteiger partial charge in [-0.25, -0.2) is 0 Å². The molecule has 0 aromatic heterocycles. The van der Waals surface area contributed by atoms with E-state index in [1.165, 1.54) is 0 Å². The molecule has 2 nitrogen and oxygen atoms in total. The smallest absolute Gasteiger partial charge is 0.132 e. The van der Waals surface area contributed by atoms with Gasteiger partial charge in [-0.15, -0.1) is 0 Å². The van der Waals surface area contributed by atoms with Crippen molar-refractivity contribution >= 4 is 23.2 Å². The lowest BCUT2D eigenvalue weighted by Crippen LogP contribution is -2.17. The summed E-state index contributed by atoms with van der Waals surface area (Å²) in [4.78, 5) is 0. The molecule has 19 heavy (non-hydrogen) atoms. The van der Waals surface area contributed by atoms with Gasteiger partial charge in [-0.1, -0.05) is 47.5 Å². The second-order valence-electron chi connectivity index (χ2n) is 4.52. The van der Waals surface area contributed by atoms with Crippen molar-refractivity contribution < 1.29 is 9.84 Å². The van der Waals surface area contributed by atoms with Crippen LogP contribution in [0.15, 0.2) is 36.4 Å². The van der Waals surface area contributed by atoms with Crippen LogP contribution in [0.3, 0.4) is 0 Å². The topological polar surface area (TPSA) is 29.5 Å². The van der Waals surface area contributed by atoms with Gasteiger partial charge >= 0.3 is 0 Å². The third kappa shape index (κ3) is 2.20. The molecule has 1 atom stereocenters. The molecular formula is C15H12Cl2O2. The predicted molar refractivity (Wildman–Crippen MR) is 77.1 cm³/mol. The van der Waals surface area contributed by atoms with Crippen LogP contribution in [0.4, 0.5) is 0 Å². The molecule has 0 unspecified atom stereocenters. The molecule has 0 radical (unpaired) electrons. The van der Waals surface area contributed by atoms with E-state index >= 15 is 0 Å². The third-order valence-corrected chi connectivity index (χ3v) is 3.91. The quantitative estimate of drug-likeness (QED) is 0.908. The molecule has 0 bridgehead atoms. The Labute approximate surface area is 121 Å². The second kappa shape index (κ2) is 5.04. The van der Waals surface area contributed by atoms with Gasteiger partial charge in [-0.2, -0.15) is 0 Å². The van der Waals surface area contributed by atoms with Crippen molar-refractivity contribution in [3.8, 4) is 16.9 Å². The normalized spacial score (nSPS) is 17.1. The van der Waals surface area contributed by atoms with Gasteiger partial charge in [-0.05, 0) is 17.7 Å². The third-order valence-electron chi connectivity index (χ3n) is 3.27. The Morgan fingerprint density at radius 3 is 2.63 bits per heavy atom. The Kier molecular flexibility index (Phi) is 3.40. The van der Waals surface area contributed by atoms with E-state index in [0.29, 0.717) is 16.5 Å². The van der Waals surface area contributed by atoms with Crippen LogP contribution in [0, 0.1) is 0 Å². The number of halogens is 2. The highest BCUT2D eigenvalue weighted by Gasteiger charge is 2.27. The molecule has 1 aliphatic rings. The van der Waals surface area contributed by atoms with Gasteiger partial charge in [0.2, 0.25) is 0 Å². The summed E-state index contributed by atoms with van der Waals surface area (Å²) in [6.45, 7) is -0.00569. The minimum atomic E-state index is -0.199. The number of hydrogen-bond donors (Lipinski definition) is 1. The van der Waals surface area contributed by atoms with Crippen LogP contribution in [-0.2, 0) is 6.42 Å². The van der Waals surface area contributed by atoms with Crippen LogP contribution in [0.5, 0.6) is 5.75 Å². The first kappa shape index (κ1) is 12.8. The van der Waals surface area contributed by atoms with E-state index in [4.69, 9.17) is 27.9 Å². The van der Waals surface area contributed by atoms with Crippen molar-refractivity contribution in [3.05, 3.63) is 52.0 Å². The van der Waals surface area contributed by atoms with E-state index < -0.39 is 0 Å². The number of aliphatic hydroxyl groups is 1. The summed E-state index contributed by atoms with van der Waals surface area (Å²) in [6, 6.07) is 11.3. The van der Waals surface area contributed by atoms with Gasteiger partial charge in [0.25, 0.3) is 0 Å². The fraction of sp³-hybridized carbons (Fsp3) is 0.200. The molecule has 2 aromatic rings. The number of aliphatic hydroxyl groups excluding tert-OH is 1. The largest absolute Gasteiger partial charge is 0.487 e. The summed E-state index contributed by atoms with van der Waals surface area (Å²) < 4.78 is 5.78. The summed E-state index contributed by atoms with van der Waals surface area (Å²) in [5, 5.41) is 10.5. The Balaban J connectivity index is 2.18. The molecule has 98 valence electrons. The lowest BCUT2D eigenvalue weighted by atomic mass is 10.0. The van der Waals surface area contributed by atoms with Crippen molar-refractivity contribution in [1.29, 1.82) is 0 Å². The highest BCUT2D eigenvalue weighted by molar-refractivity contribution is 6.36. The fourth-order valence-corrected chi connectivity index (χ4v) is 2.85. The Hall–Kier alpha value is -1.22. The SMILES string of the molecule is OC[C@H]1Cc2ccc(Cl)c(-c3ccccc3Cl)c2O1. The Morgan fingerprint density at radius 1 is 1.11 bits per heavy atom. The lowest BCUT2D eigenvalue weighted by molar-refractivity contribution is 0.135. The maximum Gasteiger partial charge on any atom is 0.132 e. The van der Waals surface area contributed by atoms with Gasteiger partial charge < -0.3 is 9.84 Å². The average molecular weight is 295 g/mol. The molecule has 0 saturated heterocycles. The Bertz CT molecular complexity index is 626. The standard InChI is InChI=1S/C15H12Cl2O2/c16-12-4-2-1-3-11(12)14-13(17)6-5-9-7-10(8-18)19-15(9)14/h1-6,10,18H,7-8H2/t10-/m1/s1. The molecule has 0 amide bonds. The van der Waals surface area contributed by atoms with Crippen molar-refractivity contribution in [1.82, 2.24) is 0 Å². The van der Waals surface area contributed by atoms with E-state index in [2.05, 4.69) is 0 Å². The van der Waals surface area contributed by atoms with Gasteiger partial charge in [0, 0.05) is 22.6 Å². The van der Waals surface area contributed by atoms with E-state index in [1.54, 1.807) is 0 Å². The van der Waals surface area contributed by atoms with Gasteiger partial charge in [0.05, 0.1) is 11.6 Å². The molecule has 0 aliphatic carbocycles. The molecule has 0 spiro atoms. The molecule has 4 heteroatoms. The molecule has 0 saturated carbocycles. The summed E-state index contributed by atoms with van der Waals surface area (Å²) >= 11 is 12.5. The van der Waals surface area contributed by atoms with Crippen molar-refractivity contribution in [3.63, 3.8) is 0 Å². The van der Waals surface area contributed by atoms with Gasteiger partial charge in [0.1, 0.15) is 11.9 Å². The molecule has 1 aliphatic heterocycles. The number of hydrogen-bond acceptors (Lipinski definition) is 2. The number of rotatable bonds is 2. The van der Waals surface area contributed by atoms with Crippen LogP contribution in [-0.4, -0.2) is 17.8 Å². The minimum absolute atomic E-state index is 0.00569. The predicted octanol–water partition coefficient (Wildman–Crippen LogP) is 3.96. The van der Waals surface area contributed by atoms with Crippen LogP contribution in [0.1, 0.15) is 5.56 Å². The number of fused-ring (bicyclic) bond motifs is 1. The molecule has 2 aromatic carbocycles. The fourth-order valence-electron chi connectivity index (χ4n) is 2.37. The summed E-state index contributed by atoms with van der Waals surface area (Å²) in [5.41, 5.74) is 2.71. The highest BCUT2D eigenvalue weighted by atomic mass is 35.5. The monoisotopic (exact) mass is 294 g/mol. The van der Waals surface area contributed by atoms with E-state index in [9.17, 15) is 5.11 Å². The zero-order valence-electron chi connectivity index (χ0n) is 10.1. The van der Waals surface area contributed by atoms with E-state index in [0.717, 1.165) is 22.4 Å². The first-order valence-electron chi connectivity index (χ1n) is 6.04. The number of ether oxygens (including phenoxy) is 1. The van der Waals surface area contributed by atoms with Crippen molar-refractivity contribution in [2.75, 3.05) is 6.61 Å². The van der Waals surface area contributed by atoms with E-state index in [-0.39, 0.29) is 12.7 Å². The molecule has 3 rings (SSSR count). The zero-order chi connectivity index (χ0) is 13.4. The van der Waals surface area contributed by atoms with Crippen LogP contribution in [0.25, 0.3) is 11.1 Å². The second-order valence-corrected chi connectivity index (χ2v) is 5.33.